The first-order valence-corrected chi connectivity index (χ1v) is 5.92. The average Bonchev–Trinajstić information content (AvgIpc) is 2.83. The molecule has 3 aromatic rings. The molecule has 1 aromatic carbocycles. The van der Waals surface area contributed by atoms with Crippen molar-refractivity contribution in [2.75, 3.05) is 0 Å². The van der Waals surface area contributed by atoms with Crippen molar-refractivity contribution < 1.29 is 5.21 Å². The van der Waals surface area contributed by atoms with Crippen molar-refractivity contribution in [1.29, 1.82) is 5.26 Å². The molecule has 2 aromatic heterocycles. The molecular formula is C14H10N4O2. The van der Waals surface area contributed by atoms with Crippen molar-refractivity contribution in [3.05, 3.63) is 51.0 Å². The summed E-state index contributed by atoms with van der Waals surface area (Å²) < 4.78 is 1.39. The number of nitriles is 1. The van der Waals surface area contributed by atoms with E-state index in [4.69, 9.17) is 5.21 Å². The zero-order valence-corrected chi connectivity index (χ0v) is 10.6. The van der Waals surface area contributed by atoms with Crippen molar-refractivity contribution in [3.8, 4) is 6.07 Å². The topological polar surface area (TPSA) is 90.4 Å². The van der Waals surface area contributed by atoms with Crippen molar-refractivity contribution in [2.45, 2.75) is 6.92 Å². The van der Waals surface area contributed by atoms with Gasteiger partial charge in [-0.1, -0.05) is 12.1 Å². The van der Waals surface area contributed by atoms with Crippen LogP contribution in [0.25, 0.3) is 22.9 Å². The molecule has 2 N–H and O–H groups in total. The Labute approximate surface area is 113 Å². The largest absolute Gasteiger partial charge is 0.292 e. The lowest BCUT2D eigenvalue weighted by atomic mass is 10.1. The minimum Gasteiger partial charge on any atom is -0.292 e. The van der Waals surface area contributed by atoms with Gasteiger partial charge in [0.2, 0.25) is 0 Å². The maximum atomic E-state index is 12.5. The molecule has 0 fully saturated rings. The summed E-state index contributed by atoms with van der Waals surface area (Å²) in [5.41, 5.74) is 3.96. The SMILES string of the molecule is Cc1c(C#N)c2nc3ccccc3n2c(=O)c1=CNO. The number of hydroxylamine groups is 1. The van der Waals surface area contributed by atoms with Gasteiger partial charge in [0.05, 0.1) is 21.8 Å². The molecule has 6 nitrogen and oxygen atoms in total. The van der Waals surface area contributed by atoms with E-state index in [9.17, 15) is 10.1 Å². The number of nitrogens with one attached hydrogen (secondary N) is 1. The lowest BCUT2D eigenvalue weighted by Gasteiger charge is -2.02. The van der Waals surface area contributed by atoms with Crippen molar-refractivity contribution >= 4 is 22.9 Å². The van der Waals surface area contributed by atoms with Crippen LogP contribution in [-0.4, -0.2) is 14.6 Å². The highest BCUT2D eigenvalue weighted by atomic mass is 16.5. The number of aromatic nitrogens is 2. The van der Waals surface area contributed by atoms with Crippen molar-refractivity contribution in [1.82, 2.24) is 14.9 Å². The van der Waals surface area contributed by atoms with E-state index < -0.39 is 0 Å². The zero-order chi connectivity index (χ0) is 14.3. The molecule has 0 aliphatic carbocycles. The van der Waals surface area contributed by atoms with Gasteiger partial charge in [0.15, 0.2) is 5.65 Å². The van der Waals surface area contributed by atoms with Crippen LogP contribution in [0.4, 0.5) is 0 Å². The van der Waals surface area contributed by atoms with Gasteiger partial charge in [-0.3, -0.25) is 19.9 Å². The molecule has 6 heteroatoms. The molecule has 98 valence electrons. The number of pyridine rings is 1. The van der Waals surface area contributed by atoms with Crippen LogP contribution < -0.4 is 16.3 Å². The standard InChI is InChI=1S/C14H10N4O2/c1-8-9(6-15)13-17-11-4-2-3-5-12(11)18(13)14(19)10(8)7-16-20/h2-5,7,16,20H,1H3. The van der Waals surface area contributed by atoms with Crippen molar-refractivity contribution in [2.24, 2.45) is 0 Å². The van der Waals surface area contributed by atoms with E-state index in [0.29, 0.717) is 27.8 Å². The molecule has 0 bridgehead atoms. The number of nitrogens with zero attached hydrogens (tertiary/aromatic N) is 3. The number of hydrogen-bond donors (Lipinski definition) is 2. The number of hydrogen-bond acceptors (Lipinski definition) is 5. The number of fused-ring (bicyclic) bond motifs is 3. The first-order valence-electron chi connectivity index (χ1n) is 5.92. The van der Waals surface area contributed by atoms with E-state index in [1.54, 1.807) is 25.1 Å². The highest BCUT2D eigenvalue weighted by molar-refractivity contribution is 5.82. The van der Waals surface area contributed by atoms with E-state index in [1.807, 2.05) is 11.5 Å². The van der Waals surface area contributed by atoms with Gasteiger partial charge in [0.1, 0.15) is 6.07 Å². The Morgan fingerprint density at radius 3 is 2.90 bits per heavy atom. The van der Waals surface area contributed by atoms with Crippen LogP contribution in [0.15, 0.2) is 29.1 Å². The van der Waals surface area contributed by atoms with Gasteiger partial charge in [-0.2, -0.15) is 5.26 Å². The van der Waals surface area contributed by atoms with E-state index in [1.165, 1.54) is 10.6 Å². The summed E-state index contributed by atoms with van der Waals surface area (Å²) in [6, 6.07) is 9.25. The van der Waals surface area contributed by atoms with E-state index >= 15 is 0 Å². The lowest BCUT2D eigenvalue weighted by Crippen LogP contribution is -2.35. The summed E-state index contributed by atoms with van der Waals surface area (Å²) in [5.74, 6) is 0. The van der Waals surface area contributed by atoms with Crippen LogP contribution >= 0.6 is 0 Å². The van der Waals surface area contributed by atoms with Gasteiger partial charge >= 0.3 is 0 Å². The monoisotopic (exact) mass is 266 g/mol. The third-order valence-electron chi connectivity index (χ3n) is 3.32. The number of imidazole rings is 1. The molecule has 0 amide bonds. The third kappa shape index (κ3) is 1.47. The second kappa shape index (κ2) is 4.33. The highest BCUT2D eigenvalue weighted by Gasteiger charge is 2.15. The first kappa shape index (κ1) is 12.1. The summed E-state index contributed by atoms with van der Waals surface area (Å²) in [7, 11) is 0. The van der Waals surface area contributed by atoms with Crippen LogP contribution in [-0.2, 0) is 0 Å². The number of benzene rings is 1. The molecule has 0 atom stereocenters. The van der Waals surface area contributed by atoms with Crippen LogP contribution in [0.1, 0.15) is 11.1 Å². The second-order valence-corrected chi connectivity index (χ2v) is 4.36. The fourth-order valence-electron chi connectivity index (χ4n) is 2.35. The Balaban J connectivity index is 2.71. The van der Waals surface area contributed by atoms with E-state index in [2.05, 4.69) is 11.1 Å². The molecular weight excluding hydrogens is 256 g/mol. The quantitative estimate of drug-likeness (QED) is 0.625. The van der Waals surface area contributed by atoms with Crippen LogP contribution in [0.3, 0.4) is 0 Å². The smallest absolute Gasteiger partial charge is 0.266 e. The Bertz CT molecular complexity index is 982. The Kier molecular flexibility index (Phi) is 2.63. The fraction of sp³-hybridized carbons (Fsp3) is 0.0714. The van der Waals surface area contributed by atoms with Gasteiger partial charge in [-0.25, -0.2) is 4.98 Å². The predicted molar refractivity (Wildman–Crippen MR) is 73.0 cm³/mol. The molecule has 0 saturated carbocycles. The molecule has 0 saturated heterocycles. The Hall–Kier alpha value is -2.91. The molecule has 0 aliphatic rings. The molecule has 20 heavy (non-hydrogen) atoms. The van der Waals surface area contributed by atoms with Crippen LogP contribution in [0.2, 0.25) is 0 Å². The van der Waals surface area contributed by atoms with Gasteiger partial charge in [-0.15, -0.1) is 0 Å². The minimum absolute atomic E-state index is 0.236. The van der Waals surface area contributed by atoms with Gasteiger partial charge in [0.25, 0.3) is 5.56 Å². The molecule has 0 aliphatic heterocycles. The predicted octanol–water partition coefficient (Wildman–Crippen LogP) is 0.463. The molecule has 3 rings (SSSR count). The average molecular weight is 266 g/mol. The normalized spacial score (nSPS) is 11.9. The summed E-state index contributed by atoms with van der Waals surface area (Å²) in [6.45, 7) is 1.66. The number of para-hydroxylation sites is 2. The second-order valence-electron chi connectivity index (χ2n) is 4.36. The van der Waals surface area contributed by atoms with Gasteiger partial charge in [0, 0.05) is 6.20 Å². The van der Waals surface area contributed by atoms with Gasteiger partial charge in [-0.05, 0) is 24.6 Å². The van der Waals surface area contributed by atoms with Crippen molar-refractivity contribution in [3.63, 3.8) is 0 Å². The lowest BCUT2D eigenvalue weighted by molar-refractivity contribution is 0.230. The third-order valence-corrected chi connectivity index (χ3v) is 3.32. The Morgan fingerprint density at radius 2 is 2.20 bits per heavy atom. The molecule has 0 radical (unpaired) electrons. The van der Waals surface area contributed by atoms with Crippen LogP contribution in [0, 0.1) is 18.3 Å². The summed E-state index contributed by atoms with van der Waals surface area (Å²) in [6.07, 6.45) is 1.17. The van der Waals surface area contributed by atoms with Gasteiger partial charge < -0.3 is 0 Å². The minimum atomic E-state index is -0.327. The number of rotatable bonds is 1. The summed E-state index contributed by atoms with van der Waals surface area (Å²) in [5, 5.41) is 18.4. The van der Waals surface area contributed by atoms with E-state index in [-0.39, 0.29) is 10.8 Å². The molecule has 2 heterocycles. The Morgan fingerprint density at radius 1 is 1.45 bits per heavy atom. The summed E-state index contributed by atoms with van der Waals surface area (Å²) in [4.78, 5) is 16.9. The maximum absolute atomic E-state index is 12.5. The zero-order valence-electron chi connectivity index (χ0n) is 10.6. The molecule has 0 spiro atoms. The first-order chi connectivity index (χ1) is 9.69. The van der Waals surface area contributed by atoms with Crippen LogP contribution in [0.5, 0.6) is 0 Å². The molecule has 0 unspecified atom stereocenters. The maximum Gasteiger partial charge on any atom is 0.266 e. The highest BCUT2D eigenvalue weighted by Crippen LogP contribution is 2.17. The van der Waals surface area contributed by atoms with E-state index in [0.717, 1.165) is 0 Å². The summed E-state index contributed by atoms with van der Waals surface area (Å²) >= 11 is 0. The fourth-order valence-corrected chi connectivity index (χ4v) is 2.35.